The van der Waals surface area contributed by atoms with E-state index in [-0.39, 0.29) is 41.5 Å². The van der Waals surface area contributed by atoms with E-state index in [9.17, 15) is 28.8 Å². The van der Waals surface area contributed by atoms with Gasteiger partial charge in [0, 0.05) is 75.7 Å². The van der Waals surface area contributed by atoms with E-state index in [2.05, 4.69) is 40.3 Å². The van der Waals surface area contributed by atoms with E-state index < -0.39 is 29.7 Å². The Kier molecular flexibility index (Phi) is 9.40. The van der Waals surface area contributed by atoms with Crippen molar-refractivity contribution in [1.82, 2.24) is 35.4 Å². The van der Waals surface area contributed by atoms with Crippen LogP contribution in [0.4, 0.5) is 11.4 Å². The van der Waals surface area contributed by atoms with Crippen LogP contribution < -0.4 is 26.0 Å². The number of anilines is 2. The largest absolute Gasteiger partial charge is 0.371 e. The summed E-state index contributed by atoms with van der Waals surface area (Å²) in [5, 5.41) is 5.34. The van der Waals surface area contributed by atoms with Crippen LogP contribution in [0.2, 0.25) is 0 Å². The van der Waals surface area contributed by atoms with E-state index in [1.807, 2.05) is 31.3 Å². The summed E-state index contributed by atoms with van der Waals surface area (Å²) >= 11 is 0. The van der Waals surface area contributed by atoms with Crippen LogP contribution >= 0.6 is 0 Å². The van der Waals surface area contributed by atoms with Crippen molar-refractivity contribution in [2.24, 2.45) is 0 Å². The molecule has 3 N–H and O–H groups in total. The maximum absolute atomic E-state index is 13.3. The van der Waals surface area contributed by atoms with Gasteiger partial charge in [0.1, 0.15) is 11.7 Å². The van der Waals surface area contributed by atoms with Gasteiger partial charge in [-0.3, -0.25) is 48.9 Å². The highest BCUT2D eigenvalue weighted by atomic mass is 16.2. The van der Waals surface area contributed by atoms with Gasteiger partial charge in [-0.25, -0.2) is 4.98 Å². The van der Waals surface area contributed by atoms with Crippen LogP contribution in [-0.4, -0.2) is 106 Å². The summed E-state index contributed by atoms with van der Waals surface area (Å²) < 4.78 is 0. The third-order valence-corrected chi connectivity index (χ3v) is 10.9. The Hall–Kier alpha value is -5.96. The molecule has 0 saturated carbocycles. The SMILES string of the molecule is CCc1cc2ncc(CN3CCN(c4ccc(C(=O)NC5CCN(c6ccc7c(c6)C(=O)N([C@@H]6CCC(=O)NC6=O)C7=O)CC5)nc4)CC3)cc2[nH]c1=O. The first kappa shape index (κ1) is 35.1. The third kappa shape index (κ3) is 6.82. The molecule has 0 radical (unpaired) electrons. The zero-order chi connectivity index (χ0) is 37.5. The minimum atomic E-state index is -1.00. The Balaban J connectivity index is 0.809. The Bertz CT molecular complexity index is 2220. The van der Waals surface area contributed by atoms with Gasteiger partial charge in [0.25, 0.3) is 23.3 Å². The average Bonchev–Trinajstić information content (AvgIpc) is 3.43. The molecule has 3 aromatic heterocycles. The van der Waals surface area contributed by atoms with Gasteiger partial charge in [-0.1, -0.05) is 6.92 Å². The number of aromatic nitrogens is 3. The zero-order valence-electron chi connectivity index (χ0n) is 30.0. The molecule has 3 saturated heterocycles. The van der Waals surface area contributed by atoms with E-state index >= 15 is 0 Å². The van der Waals surface area contributed by atoms with Gasteiger partial charge in [-0.05, 0) is 73.7 Å². The number of nitrogens with one attached hydrogen (secondary N) is 3. The highest BCUT2D eigenvalue weighted by molar-refractivity contribution is 6.23. The highest BCUT2D eigenvalue weighted by Gasteiger charge is 2.44. The minimum absolute atomic E-state index is 0.0455. The summed E-state index contributed by atoms with van der Waals surface area (Å²) in [6, 6.07) is 11.6. The lowest BCUT2D eigenvalue weighted by Gasteiger charge is -2.36. The number of carbonyl (C=O) groups excluding carboxylic acids is 5. The molecule has 8 rings (SSSR count). The fraction of sp³-hybridized carbons (Fsp3) is 0.385. The fourth-order valence-electron chi connectivity index (χ4n) is 7.84. The monoisotopic (exact) mass is 731 g/mol. The Morgan fingerprint density at radius 2 is 1.56 bits per heavy atom. The molecular weight excluding hydrogens is 690 g/mol. The molecule has 54 heavy (non-hydrogen) atoms. The Morgan fingerprint density at radius 1 is 0.815 bits per heavy atom. The van der Waals surface area contributed by atoms with Crippen molar-refractivity contribution in [3.63, 3.8) is 0 Å². The normalized spacial score (nSPS) is 19.7. The second-order valence-electron chi connectivity index (χ2n) is 14.3. The number of hydrogen-bond acceptors (Lipinski definition) is 11. The maximum atomic E-state index is 13.3. The number of aryl methyl sites for hydroxylation is 1. The van der Waals surface area contributed by atoms with Crippen LogP contribution in [0.5, 0.6) is 0 Å². The first-order valence-corrected chi connectivity index (χ1v) is 18.5. The van der Waals surface area contributed by atoms with Crippen molar-refractivity contribution in [2.75, 3.05) is 49.1 Å². The number of H-pyrrole nitrogens is 1. The summed E-state index contributed by atoms with van der Waals surface area (Å²) in [6.07, 6.45) is 5.85. The van der Waals surface area contributed by atoms with Gasteiger partial charge in [0.15, 0.2) is 0 Å². The Morgan fingerprint density at radius 3 is 2.28 bits per heavy atom. The number of aromatic amines is 1. The van der Waals surface area contributed by atoms with Crippen LogP contribution in [-0.2, 0) is 22.6 Å². The summed E-state index contributed by atoms with van der Waals surface area (Å²) in [6.45, 7) is 7.31. The summed E-state index contributed by atoms with van der Waals surface area (Å²) in [7, 11) is 0. The standard InChI is InChI=1S/C39H41N9O6/c1-2-24-18-31-32(43-35(24)50)17-23(20-40-31)22-45-13-15-47(16-14-45)27-4-6-30(41-21-27)36(51)42-25-9-11-46(12-10-25)26-3-5-28-29(19-26)39(54)48(38(28)53)33-7-8-34(49)44-37(33)52/h3-6,17-21,25,33H,2,7-16,22H2,1H3,(H,42,51)(H,43,50)(H,44,49,52)/t33-/m1/s1. The smallest absolute Gasteiger partial charge is 0.270 e. The molecule has 0 spiro atoms. The number of hydrogen-bond donors (Lipinski definition) is 3. The van der Waals surface area contributed by atoms with E-state index in [1.54, 1.807) is 30.5 Å². The number of amides is 5. The molecule has 15 nitrogen and oxygen atoms in total. The predicted molar refractivity (Wildman–Crippen MR) is 199 cm³/mol. The first-order chi connectivity index (χ1) is 26.1. The molecule has 0 aliphatic carbocycles. The molecule has 1 aromatic carbocycles. The second-order valence-corrected chi connectivity index (χ2v) is 14.3. The lowest BCUT2D eigenvalue weighted by Crippen LogP contribution is -2.54. The van der Waals surface area contributed by atoms with Gasteiger partial charge >= 0.3 is 0 Å². The number of benzene rings is 1. The van der Waals surface area contributed by atoms with Gasteiger partial charge < -0.3 is 20.1 Å². The molecule has 15 heteroatoms. The zero-order valence-corrected chi connectivity index (χ0v) is 30.0. The number of piperidine rings is 2. The molecule has 1 atom stereocenters. The van der Waals surface area contributed by atoms with E-state index in [0.717, 1.165) is 71.2 Å². The molecule has 0 unspecified atom stereocenters. The second kappa shape index (κ2) is 14.5. The van der Waals surface area contributed by atoms with Crippen molar-refractivity contribution >= 4 is 51.9 Å². The summed E-state index contributed by atoms with van der Waals surface area (Å²) in [5.41, 5.74) is 5.88. The molecular formula is C39H41N9O6. The maximum Gasteiger partial charge on any atom is 0.270 e. The predicted octanol–water partition coefficient (Wildman–Crippen LogP) is 2.00. The number of piperazine rings is 1. The van der Waals surface area contributed by atoms with Gasteiger partial charge in [0.05, 0.1) is 34.0 Å². The van der Waals surface area contributed by atoms with E-state index in [0.29, 0.717) is 38.0 Å². The molecule has 4 aliphatic heterocycles. The van der Waals surface area contributed by atoms with Crippen molar-refractivity contribution in [2.45, 2.75) is 57.7 Å². The molecule has 4 aliphatic rings. The molecule has 3 fully saturated rings. The number of carbonyl (C=O) groups is 5. The average molecular weight is 732 g/mol. The molecule has 4 aromatic rings. The summed E-state index contributed by atoms with van der Waals surface area (Å²) in [4.78, 5) is 95.5. The number of imide groups is 2. The lowest BCUT2D eigenvalue weighted by atomic mass is 10.0. The quantitative estimate of drug-likeness (QED) is 0.226. The topological polar surface area (TPSA) is 181 Å². The number of fused-ring (bicyclic) bond motifs is 2. The van der Waals surface area contributed by atoms with Crippen LogP contribution in [0.1, 0.15) is 74.9 Å². The highest BCUT2D eigenvalue weighted by Crippen LogP contribution is 2.32. The summed E-state index contributed by atoms with van der Waals surface area (Å²) in [5.74, 6) is -2.33. The van der Waals surface area contributed by atoms with Crippen molar-refractivity contribution < 1.29 is 24.0 Å². The molecule has 278 valence electrons. The van der Waals surface area contributed by atoms with Crippen LogP contribution in [0, 0.1) is 0 Å². The van der Waals surface area contributed by atoms with Gasteiger partial charge in [0.2, 0.25) is 11.8 Å². The van der Waals surface area contributed by atoms with Crippen LogP contribution in [0.3, 0.4) is 0 Å². The molecule has 7 heterocycles. The third-order valence-electron chi connectivity index (χ3n) is 10.9. The first-order valence-electron chi connectivity index (χ1n) is 18.5. The number of pyridine rings is 3. The van der Waals surface area contributed by atoms with Crippen LogP contribution in [0.15, 0.2) is 59.7 Å². The lowest BCUT2D eigenvalue weighted by molar-refractivity contribution is -0.136. The number of rotatable bonds is 8. The minimum Gasteiger partial charge on any atom is -0.371 e. The van der Waals surface area contributed by atoms with E-state index in [1.165, 1.54) is 0 Å². The van der Waals surface area contributed by atoms with Gasteiger partial charge in [-0.15, -0.1) is 0 Å². The van der Waals surface area contributed by atoms with Crippen molar-refractivity contribution in [3.8, 4) is 0 Å². The Labute approximate surface area is 310 Å². The fourth-order valence-corrected chi connectivity index (χ4v) is 7.84. The molecule has 5 amide bonds. The van der Waals surface area contributed by atoms with E-state index in [4.69, 9.17) is 0 Å². The van der Waals surface area contributed by atoms with Crippen LogP contribution in [0.25, 0.3) is 11.0 Å². The van der Waals surface area contributed by atoms with Crippen molar-refractivity contribution in [1.29, 1.82) is 0 Å². The van der Waals surface area contributed by atoms with Crippen molar-refractivity contribution in [3.05, 3.63) is 93.2 Å². The number of nitrogens with zero attached hydrogens (tertiary/aromatic N) is 6. The van der Waals surface area contributed by atoms with Gasteiger partial charge in [-0.2, -0.15) is 0 Å². The molecule has 0 bridgehead atoms.